The molecule has 0 unspecified atom stereocenters. The van der Waals surface area contributed by atoms with Crippen molar-refractivity contribution < 1.29 is 14.4 Å². The van der Waals surface area contributed by atoms with Gasteiger partial charge in [0, 0.05) is 18.5 Å². The van der Waals surface area contributed by atoms with Crippen LogP contribution in [0.3, 0.4) is 0 Å². The first-order valence-electron chi connectivity index (χ1n) is 9.87. The maximum atomic E-state index is 12.6. The van der Waals surface area contributed by atoms with E-state index in [0.717, 1.165) is 12.8 Å². The van der Waals surface area contributed by atoms with Crippen LogP contribution in [0.2, 0.25) is 0 Å². The first-order valence-corrected chi connectivity index (χ1v) is 9.87. The highest BCUT2D eigenvalue weighted by Crippen LogP contribution is 2.34. The molecule has 0 radical (unpaired) electrons. The molecule has 1 spiro atoms. The number of H-pyrrole nitrogens is 1. The van der Waals surface area contributed by atoms with Crippen LogP contribution >= 0.6 is 0 Å². The van der Waals surface area contributed by atoms with Crippen LogP contribution in [-0.2, 0) is 16.0 Å². The average molecular weight is 397 g/mol. The molecule has 152 valence electrons. The third-order valence-corrected chi connectivity index (χ3v) is 5.69. The minimum atomic E-state index is -0.697. The Morgan fingerprint density at radius 3 is 2.62 bits per heavy atom. The number of aromatic nitrogens is 2. The molecule has 2 aromatic rings. The van der Waals surface area contributed by atoms with E-state index < -0.39 is 5.54 Å². The molecule has 9 heteroatoms. The number of fused-ring (bicyclic) bond motifs is 1. The molecular formula is C20H23N5O4. The molecule has 2 aliphatic rings. The molecule has 4 amide bonds. The molecule has 0 bridgehead atoms. The van der Waals surface area contributed by atoms with Gasteiger partial charge in [-0.1, -0.05) is 31.0 Å². The van der Waals surface area contributed by atoms with Crippen LogP contribution in [-0.4, -0.2) is 51.6 Å². The van der Waals surface area contributed by atoms with E-state index in [0.29, 0.717) is 42.3 Å². The molecule has 2 heterocycles. The van der Waals surface area contributed by atoms with Crippen LogP contribution in [0.1, 0.15) is 37.8 Å². The maximum absolute atomic E-state index is 12.6. The van der Waals surface area contributed by atoms with Crippen molar-refractivity contribution in [2.45, 2.75) is 44.1 Å². The molecule has 1 aliphatic carbocycles. The maximum Gasteiger partial charge on any atom is 0.325 e. The van der Waals surface area contributed by atoms with Crippen molar-refractivity contribution in [1.82, 2.24) is 25.7 Å². The summed E-state index contributed by atoms with van der Waals surface area (Å²) in [5, 5.41) is 13.2. The van der Waals surface area contributed by atoms with Crippen molar-refractivity contribution in [2.75, 3.05) is 13.1 Å². The van der Waals surface area contributed by atoms with E-state index in [9.17, 15) is 19.2 Å². The number of nitrogens with zero attached hydrogens (tertiary/aromatic N) is 2. The second-order valence-corrected chi connectivity index (χ2v) is 7.60. The quantitative estimate of drug-likeness (QED) is 0.492. The van der Waals surface area contributed by atoms with Crippen LogP contribution in [0.15, 0.2) is 29.1 Å². The molecule has 1 aliphatic heterocycles. The van der Waals surface area contributed by atoms with Crippen molar-refractivity contribution in [1.29, 1.82) is 0 Å². The number of urea groups is 1. The Bertz CT molecular complexity index is 1020. The van der Waals surface area contributed by atoms with Gasteiger partial charge in [-0.15, -0.1) is 0 Å². The zero-order valence-corrected chi connectivity index (χ0v) is 16.0. The fourth-order valence-electron chi connectivity index (χ4n) is 4.18. The zero-order chi connectivity index (χ0) is 20.4. The Kier molecular flexibility index (Phi) is 5.04. The first kappa shape index (κ1) is 19.1. The lowest BCUT2D eigenvalue weighted by molar-refractivity contribution is -0.131. The number of rotatable bonds is 6. The summed E-state index contributed by atoms with van der Waals surface area (Å²) in [7, 11) is 0. The fourth-order valence-corrected chi connectivity index (χ4v) is 4.18. The average Bonchev–Trinajstić information content (AvgIpc) is 3.27. The number of carbonyl (C=O) groups excluding carboxylic acids is 3. The number of imide groups is 1. The Labute approximate surface area is 166 Å². The second-order valence-electron chi connectivity index (χ2n) is 7.60. The number of amides is 4. The molecule has 29 heavy (non-hydrogen) atoms. The predicted octanol–water partition coefficient (Wildman–Crippen LogP) is 0.836. The Morgan fingerprint density at radius 1 is 1.14 bits per heavy atom. The zero-order valence-electron chi connectivity index (χ0n) is 16.0. The molecule has 1 saturated carbocycles. The number of aromatic amines is 1. The largest absolute Gasteiger partial charge is 0.356 e. The van der Waals surface area contributed by atoms with Gasteiger partial charge in [-0.3, -0.25) is 19.3 Å². The molecule has 1 aromatic carbocycles. The topological polar surface area (TPSA) is 124 Å². The van der Waals surface area contributed by atoms with Gasteiger partial charge in [-0.2, -0.15) is 5.10 Å². The third-order valence-electron chi connectivity index (χ3n) is 5.69. The van der Waals surface area contributed by atoms with Gasteiger partial charge in [-0.25, -0.2) is 9.89 Å². The lowest BCUT2D eigenvalue weighted by atomic mass is 9.98. The predicted molar refractivity (Wildman–Crippen MR) is 105 cm³/mol. The standard InChI is InChI=1S/C20H23N5O4/c26-16(12-15-13-6-1-2-7-14(13)17(27)24-23-15)21-10-5-11-25-18(28)20(22-19(25)29)8-3-4-9-20/h1-2,6-7H,3-5,8-12H2,(H,21,26)(H,22,29)(H,24,27). The van der Waals surface area contributed by atoms with Crippen molar-refractivity contribution in [3.8, 4) is 0 Å². The monoisotopic (exact) mass is 397 g/mol. The lowest BCUT2D eigenvalue weighted by Crippen LogP contribution is -2.44. The van der Waals surface area contributed by atoms with Crippen molar-refractivity contribution in [2.24, 2.45) is 0 Å². The smallest absolute Gasteiger partial charge is 0.325 e. The molecule has 9 nitrogen and oxygen atoms in total. The molecule has 4 rings (SSSR count). The Balaban J connectivity index is 1.29. The lowest BCUT2D eigenvalue weighted by Gasteiger charge is -2.20. The van der Waals surface area contributed by atoms with Gasteiger partial charge in [-0.05, 0) is 25.3 Å². The van der Waals surface area contributed by atoms with Crippen molar-refractivity contribution in [3.05, 3.63) is 40.3 Å². The van der Waals surface area contributed by atoms with Gasteiger partial charge in [0.1, 0.15) is 5.54 Å². The van der Waals surface area contributed by atoms with E-state index in [2.05, 4.69) is 20.8 Å². The first-order chi connectivity index (χ1) is 14.0. The Hall–Kier alpha value is -3.23. The highest BCUT2D eigenvalue weighted by Gasteiger charge is 2.51. The number of carbonyl (C=O) groups is 3. The fraction of sp³-hybridized carbons (Fsp3) is 0.450. The van der Waals surface area contributed by atoms with E-state index >= 15 is 0 Å². The summed E-state index contributed by atoms with van der Waals surface area (Å²) in [6.45, 7) is 0.608. The number of nitrogens with one attached hydrogen (secondary N) is 3. The summed E-state index contributed by atoms with van der Waals surface area (Å²) >= 11 is 0. The highest BCUT2D eigenvalue weighted by atomic mass is 16.2. The second kappa shape index (κ2) is 7.65. The van der Waals surface area contributed by atoms with Crippen molar-refractivity contribution >= 4 is 28.6 Å². The number of hydrogen-bond donors (Lipinski definition) is 3. The van der Waals surface area contributed by atoms with Gasteiger partial charge in [0.15, 0.2) is 0 Å². The van der Waals surface area contributed by atoms with E-state index in [1.807, 2.05) is 0 Å². The van der Waals surface area contributed by atoms with Crippen LogP contribution in [0, 0.1) is 0 Å². The van der Waals surface area contributed by atoms with Gasteiger partial charge >= 0.3 is 6.03 Å². The summed E-state index contributed by atoms with van der Waals surface area (Å²) < 4.78 is 0. The van der Waals surface area contributed by atoms with Crippen LogP contribution in [0.25, 0.3) is 10.8 Å². The third kappa shape index (κ3) is 3.59. The number of benzene rings is 1. The summed E-state index contributed by atoms with van der Waals surface area (Å²) in [5.41, 5.74) is -0.495. The minimum Gasteiger partial charge on any atom is -0.356 e. The minimum absolute atomic E-state index is 0.0313. The highest BCUT2D eigenvalue weighted by molar-refractivity contribution is 6.07. The molecule has 3 N–H and O–H groups in total. The van der Waals surface area contributed by atoms with E-state index in [1.54, 1.807) is 24.3 Å². The summed E-state index contributed by atoms with van der Waals surface area (Å²) in [5.74, 6) is -0.380. The molecule has 0 atom stereocenters. The molecular weight excluding hydrogens is 374 g/mol. The van der Waals surface area contributed by atoms with Gasteiger partial charge in [0.2, 0.25) is 5.91 Å². The van der Waals surface area contributed by atoms with E-state index in [4.69, 9.17) is 0 Å². The van der Waals surface area contributed by atoms with Crippen LogP contribution in [0.5, 0.6) is 0 Å². The SMILES string of the molecule is O=C(Cc1n[nH]c(=O)c2ccccc12)NCCCN1C(=O)NC2(CCCC2)C1=O. The Morgan fingerprint density at radius 2 is 1.86 bits per heavy atom. The van der Waals surface area contributed by atoms with Crippen LogP contribution in [0.4, 0.5) is 4.79 Å². The molecule has 1 saturated heterocycles. The summed E-state index contributed by atoms with van der Waals surface area (Å²) in [6, 6.07) is 6.66. The summed E-state index contributed by atoms with van der Waals surface area (Å²) in [6.07, 6.45) is 3.80. The van der Waals surface area contributed by atoms with Gasteiger partial charge in [0.05, 0.1) is 17.5 Å². The van der Waals surface area contributed by atoms with Crippen molar-refractivity contribution in [3.63, 3.8) is 0 Å². The van der Waals surface area contributed by atoms with Gasteiger partial charge < -0.3 is 10.6 Å². The van der Waals surface area contributed by atoms with E-state index in [1.165, 1.54) is 4.90 Å². The molecule has 2 fully saturated rings. The molecule has 1 aromatic heterocycles. The summed E-state index contributed by atoms with van der Waals surface area (Å²) in [4.78, 5) is 50.1. The van der Waals surface area contributed by atoms with Crippen LogP contribution < -0.4 is 16.2 Å². The number of hydrogen-bond acceptors (Lipinski definition) is 5. The van der Waals surface area contributed by atoms with E-state index in [-0.39, 0.29) is 36.4 Å². The normalized spacial score (nSPS) is 17.9. The van der Waals surface area contributed by atoms with Gasteiger partial charge in [0.25, 0.3) is 11.5 Å².